The van der Waals surface area contributed by atoms with Crippen LogP contribution in [0, 0.1) is 5.82 Å². The maximum Gasteiger partial charge on any atom is 0.237 e. The number of benzene rings is 2. The van der Waals surface area contributed by atoms with Crippen LogP contribution in [-0.2, 0) is 17.8 Å². The molecule has 2 N–H and O–H groups in total. The Labute approximate surface area is 146 Å². The fourth-order valence-corrected chi connectivity index (χ4v) is 2.66. The van der Waals surface area contributed by atoms with E-state index in [4.69, 9.17) is 4.74 Å². The molecule has 0 bridgehead atoms. The monoisotopic (exact) mass is 350 g/mol. The molecule has 0 aliphatic carbocycles. The van der Waals surface area contributed by atoms with Gasteiger partial charge in [-0.05, 0) is 29.7 Å². The number of hydrogen-bond acceptors (Lipinski definition) is 3. The van der Waals surface area contributed by atoms with E-state index in [1.807, 2.05) is 12.1 Å². The third-order valence-corrected chi connectivity index (χ3v) is 3.89. The number of rotatable bonds is 5. The summed E-state index contributed by atoms with van der Waals surface area (Å²) >= 11 is 0. The van der Waals surface area contributed by atoms with Gasteiger partial charge in [0.05, 0.1) is 12.6 Å². The van der Waals surface area contributed by atoms with Crippen LogP contribution in [0.1, 0.15) is 11.1 Å². The second-order valence-electron chi connectivity index (χ2n) is 5.48. The number of fused-ring (bicyclic) bond motifs is 1. The molecule has 0 saturated carbocycles. The number of halogens is 2. The summed E-state index contributed by atoms with van der Waals surface area (Å²) in [5.41, 5.74) is 2.44. The van der Waals surface area contributed by atoms with Gasteiger partial charge in [-0.2, -0.15) is 0 Å². The van der Waals surface area contributed by atoms with Crippen molar-refractivity contribution >= 4 is 18.3 Å². The molecule has 2 aromatic rings. The van der Waals surface area contributed by atoms with Gasteiger partial charge in [0.15, 0.2) is 11.6 Å². The highest BCUT2D eigenvalue weighted by Crippen LogP contribution is 2.16. The lowest BCUT2D eigenvalue weighted by molar-refractivity contribution is -0.123. The van der Waals surface area contributed by atoms with Crippen LogP contribution in [0.15, 0.2) is 48.5 Å². The SMILES string of the molecule is Cl.O=C(NCCOc1ccccc1F)[C@H]1Cc2ccccc2CN1. The third kappa shape index (κ3) is 4.46. The van der Waals surface area contributed by atoms with Gasteiger partial charge >= 0.3 is 0 Å². The molecule has 1 heterocycles. The van der Waals surface area contributed by atoms with E-state index in [1.54, 1.807) is 18.2 Å². The molecule has 4 nitrogen and oxygen atoms in total. The van der Waals surface area contributed by atoms with Gasteiger partial charge in [0, 0.05) is 6.54 Å². The van der Waals surface area contributed by atoms with E-state index >= 15 is 0 Å². The molecule has 1 amide bonds. The first-order chi connectivity index (χ1) is 11.2. The van der Waals surface area contributed by atoms with E-state index in [0.29, 0.717) is 19.5 Å². The van der Waals surface area contributed by atoms with Crippen LogP contribution < -0.4 is 15.4 Å². The second kappa shape index (κ2) is 8.66. The van der Waals surface area contributed by atoms with E-state index in [2.05, 4.69) is 22.8 Å². The van der Waals surface area contributed by atoms with Crippen molar-refractivity contribution in [3.63, 3.8) is 0 Å². The van der Waals surface area contributed by atoms with Gasteiger partial charge in [-0.25, -0.2) is 4.39 Å². The van der Waals surface area contributed by atoms with Crippen LogP contribution in [0.3, 0.4) is 0 Å². The number of para-hydroxylation sites is 1. The van der Waals surface area contributed by atoms with E-state index in [1.165, 1.54) is 17.2 Å². The summed E-state index contributed by atoms with van der Waals surface area (Å²) < 4.78 is 18.7. The zero-order chi connectivity index (χ0) is 16.1. The zero-order valence-corrected chi connectivity index (χ0v) is 13.9. The Bertz CT molecular complexity index is 696. The highest BCUT2D eigenvalue weighted by Gasteiger charge is 2.23. The summed E-state index contributed by atoms with van der Waals surface area (Å²) in [7, 11) is 0. The molecule has 0 radical (unpaired) electrons. The highest BCUT2D eigenvalue weighted by molar-refractivity contribution is 5.85. The molecule has 0 fully saturated rings. The summed E-state index contributed by atoms with van der Waals surface area (Å²) in [6.07, 6.45) is 0.677. The standard InChI is InChI=1S/C18H19FN2O2.ClH/c19-15-7-3-4-8-17(15)23-10-9-20-18(22)16-11-13-5-1-2-6-14(13)12-21-16;/h1-8,16,21H,9-12H2,(H,20,22);1H/t16-;/m1./s1. The molecular weight excluding hydrogens is 331 g/mol. The fourth-order valence-electron chi connectivity index (χ4n) is 2.66. The lowest BCUT2D eigenvalue weighted by atomic mass is 9.95. The Morgan fingerprint density at radius 3 is 2.67 bits per heavy atom. The van der Waals surface area contributed by atoms with Crippen LogP contribution in [0.2, 0.25) is 0 Å². The van der Waals surface area contributed by atoms with Gasteiger partial charge in [-0.15, -0.1) is 12.4 Å². The Kier molecular flexibility index (Phi) is 6.58. The van der Waals surface area contributed by atoms with Crippen molar-refractivity contribution in [1.82, 2.24) is 10.6 Å². The molecule has 3 rings (SSSR count). The van der Waals surface area contributed by atoms with Gasteiger partial charge in [0.25, 0.3) is 0 Å². The lowest BCUT2D eigenvalue weighted by Gasteiger charge is -2.25. The minimum Gasteiger partial charge on any atom is -0.489 e. The smallest absolute Gasteiger partial charge is 0.237 e. The van der Waals surface area contributed by atoms with Crippen LogP contribution >= 0.6 is 12.4 Å². The molecule has 0 aromatic heterocycles. The average molecular weight is 351 g/mol. The van der Waals surface area contributed by atoms with Crippen LogP contribution in [0.4, 0.5) is 4.39 Å². The molecule has 1 aliphatic heterocycles. The molecular formula is C18H20ClFN2O2. The fraction of sp³-hybridized carbons (Fsp3) is 0.278. The first-order valence-corrected chi connectivity index (χ1v) is 7.69. The molecule has 0 saturated heterocycles. The number of carbonyl (C=O) groups excluding carboxylic acids is 1. The highest BCUT2D eigenvalue weighted by atomic mass is 35.5. The Morgan fingerprint density at radius 1 is 1.17 bits per heavy atom. The molecule has 6 heteroatoms. The van der Waals surface area contributed by atoms with Crippen molar-refractivity contribution < 1.29 is 13.9 Å². The van der Waals surface area contributed by atoms with Crippen LogP contribution in [-0.4, -0.2) is 25.1 Å². The van der Waals surface area contributed by atoms with Crippen LogP contribution in [0.5, 0.6) is 5.75 Å². The quantitative estimate of drug-likeness (QED) is 0.814. The largest absolute Gasteiger partial charge is 0.489 e. The molecule has 1 atom stereocenters. The van der Waals surface area contributed by atoms with Crippen molar-refractivity contribution in [2.24, 2.45) is 0 Å². The molecule has 2 aromatic carbocycles. The van der Waals surface area contributed by atoms with E-state index in [9.17, 15) is 9.18 Å². The molecule has 128 valence electrons. The van der Waals surface area contributed by atoms with Crippen molar-refractivity contribution in [3.8, 4) is 5.75 Å². The summed E-state index contributed by atoms with van der Waals surface area (Å²) in [6.45, 7) is 1.27. The Hall–Kier alpha value is -2.11. The van der Waals surface area contributed by atoms with Crippen molar-refractivity contribution in [2.75, 3.05) is 13.2 Å². The normalized spacial score (nSPS) is 15.8. The van der Waals surface area contributed by atoms with Gasteiger partial charge in [0.2, 0.25) is 5.91 Å². The Balaban J connectivity index is 0.00000208. The summed E-state index contributed by atoms with van der Waals surface area (Å²) in [4.78, 5) is 12.2. The number of amides is 1. The van der Waals surface area contributed by atoms with Gasteiger partial charge in [-0.1, -0.05) is 36.4 Å². The number of nitrogens with one attached hydrogen (secondary N) is 2. The van der Waals surface area contributed by atoms with Crippen molar-refractivity contribution in [1.29, 1.82) is 0 Å². The minimum atomic E-state index is -0.399. The second-order valence-corrected chi connectivity index (χ2v) is 5.48. The van der Waals surface area contributed by atoms with Gasteiger partial charge in [0.1, 0.15) is 6.61 Å². The molecule has 0 unspecified atom stereocenters. The first-order valence-electron chi connectivity index (χ1n) is 7.69. The molecule has 1 aliphatic rings. The summed E-state index contributed by atoms with van der Waals surface area (Å²) in [6, 6.07) is 14.1. The van der Waals surface area contributed by atoms with Gasteiger partial charge < -0.3 is 15.4 Å². The number of hydrogen-bond donors (Lipinski definition) is 2. The van der Waals surface area contributed by atoms with Crippen molar-refractivity contribution in [3.05, 3.63) is 65.5 Å². The van der Waals surface area contributed by atoms with Crippen molar-refractivity contribution in [2.45, 2.75) is 19.0 Å². The maximum atomic E-state index is 13.4. The number of ether oxygens (including phenoxy) is 1. The predicted octanol–water partition coefficient (Wildman–Crippen LogP) is 2.46. The molecule has 0 spiro atoms. The average Bonchev–Trinajstić information content (AvgIpc) is 2.59. The first kappa shape index (κ1) is 18.2. The predicted molar refractivity (Wildman–Crippen MR) is 92.9 cm³/mol. The maximum absolute atomic E-state index is 13.4. The minimum absolute atomic E-state index is 0. The van der Waals surface area contributed by atoms with E-state index < -0.39 is 5.82 Å². The Morgan fingerprint density at radius 2 is 1.88 bits per heavy atom. The summed E-state index contributed by atoms with van der Waals surface area (Å²) in [5.74, 6) is -0.257. The topological polar surface area (TPSA) is 50.4 Å². The summed E-state index contributed by atoms with van der Waals surface area (Å²) in [5, 5.41) is 6.05. The number of carbonyl (C=O) groups is 1. The third-order valence-electron chi connectivity index (χ3n) is 3.89. The molecule has 24 heavy (non-hydrogen) atoms. The lowest BCUT2D eigenvalue weighted by Crippen LogP contribution is -2.48. The van der Waals surface area contributed by atoms with E-state index in [-0.39, 0.29) is 36.7 Å². The van der Waals surface area contributed by atoms with E-state index in [0.717, 1.165) is 0 Å². The zero-order valence-electron chi connectivity index (χ0n) is 13.1. The van der Waals surface area contributed by atoms with Crippen LogP contribution in [0.25, 0.3) is 0 Å². The van der Waals surface area contributed by atoms with Gasteiger partial charge in [-0.3, -0.25) is 4.79 Å².